The smallest absolute Gasteiger partial charge is 0.223 e. The Morgan fingerprint density at radius 2 is 1.80 bits per heavy atom. The van der Waals surface area contributed by atoms with Crippen LogP contribution in [-0.2, 0) is 20.6 Å². The Hall–Kier alpha value is -1.67. The first kappa shape index (κ1) is 23.0. The van der Waals surface area contributed by atoms with E-state index in [1.165, 1.54) is 22.5 Å². The van der Waals surface area contributed by atoms with Crippen molar-refractivity contribution in [1.29, 1.82) is 0 Å². The Morgan fingerprint density at radius 1 is 1.17 bits per heavy atom. The van der Waals surface area contributed by atoms with Crippen LogP contribution in [0.2, 0.25) is 10.0 Å². The van der Waals surface area contributed by atoms with Crippen molar-refractivity contribution in [3.8, 4) is 0 Å². The van der Waals surface area contributed by atoms with Crippen LogP contribution in [0.15, 0.2) is 42.5 Å². The third-order valence-electron chi connectivity index (χ3n) is 5.30. The second kappa shape index (κ2) is 9.64. The first-order valence-electron chi connectivity index (χ1n) is 9.63. The van der Waals surface area contributed by atoms with Gasteiger partial charge in [0.1, 0.15) is 5.82 Å². The summed E-state index contributed by atoms with van der Waals surface area (Å²) in [4.78, 5) is 12.6. The van der Waals surface area contributed by atoms with Gasteiger partial charge in [0.05, 0.1) is 11.8 Å². The first-order valence-corrected chi connectivity index (χ1v) is 12.0. The number of sulfonamides is 1. The molecule has 1 aliphatic rings. The molecule has 1 fully saturated rings. The van der Waals surface area contributed by atoms with Crippen LogP contribution >= 0.6 is 23.2 Å². The molecule has 30 heavy (non-hydrogen) atoms. The molecule has 0 spiro atoms. The van der Waals surface area contributed by atoms with Crippen LogP contribution in [0.4, 0.5) is 4.39 Å². The number of hydrogen-bond acceptors (Lipinski definition) is 3. The average Bonchev–Trinajstić information content (AvgIpc) is 2.70. The quantitative estimate of drug-likeness (QED) is 0.670. The molecule has 0 saturated carbocycles. The highest BCUT2D eigenvalue weighted by molar-refractivity contribution is 7.88. The zero-order valence-electron chi connectivity index (χ0n) is 16.4. The number of carbonyl (C=O) groups is 1. The number of nitrogens with one attached hydrogen (secondary N) is 1. The molecule has 1 amide bonds. The van der Waals surface area contributed by atoms with Crippen molar-refractivity contribution in [3.05, 3.63) is 69.5 Å². The molecular formula is C21H23Cl2FN2O3S. The van der Waals surface area contributed by atoms with Crippen LogP contribution in [0, 0.1) is 11.7 Å². The Balaban J connectivity index is 1.55. The number of nitrogens with zero attached hydrogens (tertiary/aromatic N) is 1. The fraction of sp³-hybridized carbons (Fsp3) is 0.381. The zero-order valence-corrected chi connectivity index (χ0v) is 18.8. The summed E-state index contributed by atoms with van der Waals surface area (Å²) in [6.07, 6.45) is 0.880. The van der Waals surface area contributed by atoms with E-state index in [9.17, 15) is 17.6 Å². The lowest BCUT2D eigenvalue weighted by molar-refractivity contribution is -0.126. The van der Waals surface area contributed by atoms with Gasteiger partial charge < -0.3 is 5.32 Å². The molecule has 0 aliphatic carbocycles. The molecule has 0 aromatic heterocycles. The highest BCUT2D eigenvalue weighted by Crippen LogP contribution is 2.26. The number of piperidine rings is 1. The maximum Gasteiger partial charge on any atom is 0.223 e. The lowest BCUT2D eigenvalue weighted by Crippen LogP contribution is -2.43. The van der Waals surface area contributed by atoms with E-state index in [1.807, 2.05) is 6.92 Å². The summed E-state index contributed by atoms with van der Waals surface area (Å²) in [6.45, 7) is 2.38. The summed E-state index contributed by atoms with van der Waals surface area (Å²) in [5, 5.41) is 3.69. The van der Waals surface area contributed by atoms with Crippen LogP contribution in [0.1, 0.15) is 36.9 Å². The van der Waals surface area contributed by atoms with E-state index in [4.69, 9.17) is 23.2 Å². The maximum absolute atomic E-state index is 13.1. The molecule has 9 heteroatoms. The van der Waals surface area contributed by atoms with E-state index in [0.717, 1.165) is 5.56 Å². The predicted molar refractivity (Wildman–Crippen MR) is 116 cm³/mol. The van der Waals surface area contributed by atoms with E-state index in [1.54, 1.807) is 24.3 Å². The molecule has 162 valence electrons. The molecule has 2 aromatic rings. The summed E-state index contributed by atoms with van der Waals surface area (Å²) in [5.74, 6) is -0.921. The summed E-state index contributed by atoms with van der Waals surface area (Å²) in [6, 6.07) is 10.5. The van der Waals surface area contributed by atoms with E-state index in [0.29, 0.717) is 28.5 Å². The maximum atomic E-state index is 13.1. The van der Waals surface area contributed by atoms with E-state index < -0.39 is 10.0 Å². The van der Waals surface area contributed by atoms with Crippen LogP contribution < -0.4 is 5.32 Å². The van der Waals surface area contributed by atoms with Gasteiger partial charge in [-0.15, -0.1) is 0 Å². The standard InChI is InChI=1S/C21H23Cl2FN2O3S/c1-14(15-3-6-19(24)7-4-15)25-21(27)16-8-10-26(11-9-16)30(28,29)13-17-2-5-18(22)12-20(17)23/h2-7,12,14,16H,8-11,13H2,1H3,(H,25,27). The van der Waals surface area contributed by atoms with Crippen molar-refractivity contribution < 1.29 is 17.6 Å². The van der Waals surface area contributed by atoms with Crippen LogP contribution in [0.3, 0.4) is 0 Å². The van der Waals surface area contributed by atoms with Gasteiger partial charge in [0, 0.05) is 29.1 Å². The van der Waals surface area contributed by atoms with Crippen LogP contribution in [0.5, 0.6) is 0 Å². The summed E-state index contributed by atoms with van der Waals surface area (Å²) in [5.41, 5.74) is 1.30. The summed E-state index contributed by atoms with van der Waals surface area (Å²) < 4.78 is 40.0. The molecule has 1 saturated heterocycles. The molecule has 5 nitrogen and oxygen atoms in total. The third kappa shape index (κ3) is 5.72. The summed E-state index contributed by atoms with van der Waals surface area (Å²) >= 11 is 12.0. The van der Waals surface area contributed by atoms with Gasteiger partial charge in [-0.05, 0) is 55.2 Å². The van der Waals surface area contributed by atoms with Crippen molar-refractivity contribution in [2.75, 3.05) is 13.1 Å². The van der Waals surface area contributed by atoms with Gasteiger partial charge in [-0.25, -0.2) is 17.1 Å². The number of carbonyl (C=O) groups excluding carboxylic acids is 1. The van der Waals surface area contributed by atoms with Gasteiger partial charge in [0.25, 0.3) is 0 Å². The molecule has 0 radical (unpaired) electrons. The number of rotatable bonds is 6. The molecule has 3 rings (SSSR count). The molecule has 1 unspecified atom stereocenters. The fourth-order valence-corrected chi connectivity index (χ4v) is 5.64. The minimum atomic E-state index is -3.55. The van der Waals surface area contributed by atoms with Crippen molar-refractivity contribution >= 4 is 39.1 Å². The van der Waals surface area contributed by atoms with Gasteiger partial charge in [0.15, 0.2) is 0 Å². The first-order chi connectivity index (χ1) is 14.2. The number of benzene rings is 2. The van der Waals surface area contributed by atoms with E-state index in [2.05, 4.69) is 5.32 Å². The van der Waals surface area contributed by atoms with E-state index >= 15 is 0 Å². The van der Waals surface area contributed by atoms with Gasteiger partial charge in [-0.1, -0.05) is 41.4 Å². The predicted octanol–water partition coefficient (Wildman–Crippen LogP) is 4.55. The Morgan fingerprint density at radius 3 is 2.40 bits per heavy atom. The fourth-order valence-electron chi connectivity index (χ4n) is 3.49. The highest BCUT2D eigenvalue weighted by atomic mass is 35.5. The monoisotopic (exact) mass is 472 g/mol. The minimum absolute atomic E-state index is 0.121. The minimum Gasteiger partial charge on any atom is -0.349 e. The number of amides is 1. The largest absolute Gasteiger partial charge is 0.349 e. The highest BCUT2D eigenvalue weighted by Gasteiger charge is 2.32. The SMILES string of the molecule is CC(NC(=O)C1CCN(S(=O)(=O)Cc2ccc(Cl)cc2Cl)CC1)c1ccc(F)cc1. The molecule has 1 atom stereocenters. The van der Waals surface area contributed by atoms with Gasteiger partial charge >= 0.3 is 0 Å². The van der Waals surface area contributed by atoms with E-state index in [-0.39, 0.29) is 42.5 Å². The Kier molecular flexibility index (Phi) is 7.39. The van der Waals surface area contributed by atoms with Crippen molar-refractivity contribution in [1.82, 2.24) is 9.62 Å². The molecule has 1 heterocycles. The Labute approximate surface area is 186 Å². The van der Waals surface area contributed by atoms with Gasteiger partial charge in [0.2, 0.25) is 15.9 Å². The second-order valence-corrected chi connectivity index (χ2v) is 10.3. The van der Waals surface area contributed by atoms with Crippen molar-refractivity contribution in [2.45, 2.75) is 31.6 Å². The zero-order chi connectivity index (χ0) is 21.9. The van der Waals surface area contributed by atoms with Crippen LogP contribution in [0.25, 0.3) is 0 Å². The van der Waals surface area contributed by atoms with Gasteiger partial charge in [-0.2, -0.15) is 0 Å². The Bertz CT molecular complexity index is 1010. The molecular weight excluding hydrogens is 450 g/mol. The second-order valence-electron chi connectivity index (χ2n) is 7.45. The normalized spacial score (nSPS) is 16.9. The van der Waals surface area contributed by atoms with Crippen molar-refractivity contribution in [3.63, 3.8) is 0 Å². The van der Waals surface area contributed by atoms with Gasteiger partial charge in [-0.3, -0.25) is 4.79 Å². The molecule has 1 aliphatic heterocycles. The third-order valence-corrected chi connectivity index (χ3v) is 7.71. The molecule has 1 N–H and O–H groups in total. The molecule has 2 aromatic carbocycles. The lowest BCUT2D eigenvalue weighted by Gasteiger charge is -2.31. The molecule has 0 bridgehead atoms. The lowest BCUT2D eigenvalue weighted by atomic mass is 9.96. The van der Waals surface area contributed by atoms with Crippen molar-refractivity contribution in [2.24, 2.45) is 5.92 Å². The van der Waals surface area contributed by atoms with Crippen LogP contribution in [-0.4, -0.2) is 31.7 Å². The average molecular weight is 473 g/mol. The number of halogens is 3. The summed E-state index contributed by atoms with van der Waals surface area (Å²) in [7, 11) is -3.55. The topological polar surface area (TPSA) is 66.5 Å². The number of hydrogen-bond donors (Lipinski definition) is 1.